The summed E-state index contributed by atoms with van der Waals surface area (Å²) in [5.74, 6) is -0.274. The van der Waals surface area contributed by atoms with Crippen LogP contribution in [0.25, 0.3) is 33.8 Å². The minimum atomic E-state index is -0.472. The van der Waals surface area contributed by atoms with Gasteiger partial charge in [-0.1, -0.05) is 42.5 Å². The van der Waals surface area contributed by atoms with Gasteiger partial charge < -0.3 is 16.5 Å². The molecule has 0 unspecified atom stereocenters. The average Bonchev–Trinajstić information content (AvgIpc) is 3.13. The fourth-order valence-corrected chi connectivity index (χ4v) is 3.33. The smallest absolute Gasteiger partial charge is 0.249 e. The number of nitrogens with zero attached hydrogens (tertiary/aromatic N) is 2. The van der Waals surface area contributed by atoms with Crippen molar-refractivity contribution in [3.8, 4) is 33.8 Å². The molecule has 0 saturated carbocycles. The van der Waals surface area contributed by atoms with Crippen LogP contribution in [0.1, 0.15) is 15.9 Å². The highest BCUT2D eigenvalue weighted by Crippen LogP contribution is 2.38. The van der Waals surface area contributed by atoms with Crippen molar-refractivity contribution in [3.63, 3.8) is 0 Å². The fourth-order valence-electron chi connectivity index (χ4n) is 3.33. The number of aromatic amines is 1. The molecule has 0 radical (unpaired) electrons. The Bertz CT molecular complexity index is 1180. The van der Waals surface area contributed by atoms with E-state index in [1.807, 2.05) is 49.4 Å². The summed E-state index contributed by atoms with van der Waals surface area (Å²) in [4.78, 5) is 23.7. The van der Waals surface area contributed by atoms with Crippen molar-refractivity contribution in [1.82, 2.24) is 15.0 Å². The van der Waals surface area contributed by atoms with Crippen LogP contribution in [0.15, 0.2) is 66.9 Å². The van der Waals surface area contributed by atoms with Crippen LogP contribution in [-0.4, -0.2) is 20.9 Å². The molecule has 4 rings (SSSR count). The first kappa shape index (κ1) is 17.5. The third kappa shape index (κ3) is 3.12. The molecule has 138 valence electrons. The highest BCUT2D eigenvalue weighted by molar-refractivity contribution is 6.02. The van der Waals surface area contributed by atoms with Gasteiger partial charge in [0.1, 0.15) is 0 Å². The number of primary amides is 1. The van der Waals surface area contributed by atoms with Gasteiger partial charge in [-0.05, 0) is 36.2 Å². The van der Waals surface area contributed by atoms with Crippen LogP contribution in [0.3, 0.4) is 0 Å². The number of nitrogen functional groups attached to an aromatic ring is 1. The molecular weight excluding hydrogens is 350 g/mol. The molecule has 0 fully saturated rings. The molecule has 0 spiro atoms. The van der Waals surface area contributed by atoms with Crippen molar-refractivity contribution in [2.24, 2.45) is 5.73 Å². The number of nitrogens with one attached hydrogen (secondary N) is 1. The largest absolute Gasteiger partial charge is 0.368 e. The molecule has 2 aromatic heterocycles. The second-order valence-electron chi connectivity index (χ2n) is 6.50. The summed E-state index contributed by atoms with van der Waals surface area (Å²) in [7, 11) is 0. The zero-order valence-corrected chi connectivity index (χ0v) is 15.3. The number of carbonyl (C=O) groups is 1. The third-order valence-corrected chi connectivity index (χ3v) is 4.66. The zero-order valence-electron chi connectivity index (χ0n) is 15.3. The lowest BCUT2D eigenvalue weighted by Gasteiger charge is -2.10. The third-order valence-electron chi connectivity index (χ3n) is 4.66. The van der Waals surface area contributed by atoms with Gasteiger partial charge in [-0.25, -0.2) is 9.97 Å². The zero-order chi connectivity index (χ0) is 19.7. The Morgan fingerprint density at radius 2 is 1.68 bits per heavy atom. The van der Waals surface area contributed by atoms with Crippen molar-refractivity contribution >= 4 is 11.9 Å². The normalized spacial score (nSPS) is 10.8. The van der Waals surface area contributed by atoms with Gasteiger partial charge in [-0.2, -0.15) is 0 Å². The van der Waals surface area contributed by atoms with Gasteiger partial charge in [-0.3, -0.25) is 4.79 Å². The Kier molecular flexibility index (Phi) is 4.37. The molecule has 2 aromatic carbocycles. The van der Waals surface area contributed by atoms with E-state index < -0.39 is 5.91 Å². The molecule has 0 atom stereocenters. The number of amides is 1. The second kappa shape index (κ2) is 7.00. The number of H-pyrrole nitrogens is 1. The second-order valence-corrected chi connectivity index (χ2v) is 6.50. The van der Waals surface area contributed by atoms with Crippen LogP contribution in [0.4, 0.5) is 5.95 Å². The minimum absolute atomic E-state index is 0.198. The van der Waals surface area contributed by atoms with E-state index in [0.29, 0.717) is 11.3 Å². The maximum Gasteiger partial charge on any atom is 0.249 e. The predicted octanol–water partition coefficient (Wildman–Crippen LogP) is 3.80. The van der Waals surface area contributed by atoms with Crippen molar-refractivity contribution in [1.29, 1.82) is 0 Å². The summed E-state index contributed by atoms with van der Waals surface area (Å²) in [5, 5.41) is 0. The Morgan fingerprint density at radius 3 is 2.39 bits per heavy atom. The van der Waals surface area contributed by atoms with Gasteiger partial charge in [0.15, 0.2) is 0 Å². The first-order valence-electron chi connectivity index (χ1n) is 8.81. The summed E-state index contributed by atoms with van der Waals surface area (Å²) in [5.41, 5.74) is 18.0. The predicted molar refractivity (Wildman–Crippen MR) is 110 cm³/mol. The molecule has 5 N–H and O–H groups in total. The van der Waals surface area contributed by atoms with E-state index in [1.54, 1.807) is 24.4 Å². The fraction of sp³-hybridized carbons (Fsp3) is 0.0455. The number of carbonyl (C=O) groups excluding carboxylic acids is 1. The molecular formula is C22H19N5O. The van der Waals surface area contributed by atoms with Crippen LogP contribution in [-0.2, 0) is 0 Å². The van der Waals surface area contributed by atoms with E-state index in [0.717, 1.165) is 33.6 Å². The molecule has 1 amide bonds. The molecule has 0 saturated heterocycles. The van der Waals surface area contributed by atoms with E-state index >= 15 is 0 Å². The highest BCUT2D eigenvalue weighted by Gasteiger charge is 2.19. The average molecular weight is 369 g/mol. The summed E-state index contributed by atoms with van der Waals surface area (Å²) < 4.78 is 0. The van der Waals surface area contributed by atoms with E-state index in [2.05, 4.69) is 15.0 Å². The van der Waals surface area contributed by atoms with Crippen LogP contribution in [0.2, 0.25) is 0 Å². The summed E-state index contributed by atoms with van der Waals surface area (Å²) in [6, 6.07) is 19.1. The Balaban J connectivity index is 2.00. The van der Waals surface area contributed by atoms with Gasteiger partial charge in [0.05, 0.1) is 17.1 Å². The number of hydrogen-bond acceptors (Lipinski definition) is 4. The topological polar surface area (TPSA) is 111 Å². The lowest BCUT2D eigenvalue weighted by atomic mass is 9.95. The maximum atomic E-state index is 12.0. The van der Waals surface area contributed by atoms with Gasteiger partial charge >= 0.3 is 0 Å². The van der Waals surface area contributed by atoms with E-state index in [1.165, 1.54) is 0 Å². The lowest BCUT2D eigenvalue weighted by molar-refractivity contribution is 0.100. The number of hydrogen-bond donors (Lipinski definition) is 3. The summed E-state index contributed by atoms with van der Waals surface area (Å²) in [6.07, 6.45) is 1.61. The maximum absolute atomic E-state index is 12.0. The van der Waals surface area contributed by atoms with Crippen LogP contribution in [0, 0.1) is 6.92 Å². The number of benzene rings is 2. The first-order chi connectivity index (χ1) is 13.5. The molecule has 28 heavy (non-hydrogen) atoms. The summed E-state index contributed by atoms with van der Waals surface area (Å²) in [6.45, 7) is 2.04. The Labute approximate surface area is 162 Å². The van der Waals surface area contributed by atoms with E-state index in [9.17, 15) is 4.79 Å². The van der Waals surface area contributed by atoms with Gasteiger partial charge in [0, 0.05) is 22.9 Å². The number of rotatable bonds is 4. The molecule has 0 aliphatic heterocycles. The molecule has 6 nitrogen and oxygen atoms in total. The molecule has 4 aromatic rings. The lowest BCUT2D eigenvalue weighted by Crippen LogP contribution is -2.12. The van der Waals surface area contributed by atoms with Crippen LogP contribution >= 0.6 is 0 Å². The Morgan fingerprint density at radius 1 is 0.964 bits per heavy atom. The monoisotopic (exact) mass is 369 g/mol. The van der Waals surface area contributed by atoms with Crippen molar-refractivity contribution in [3.05, 3.63) is 78.0 Å². The highest BCUT2D eigenvalue weighted by atomic mass is 16.1. The molecule has 6 heteroatoms. The van der Waals surface area contributed by atoms with Gasteiger partial charge in [-0.15, -0.1) is 0 Å². The van der Waals surface area contributed by atoms with Gasteiger partial charge in [0.25, 0.3) is 0 Å². The van der Waals surface area contributed by atoms with Gasteiger partial charge in [0.2, 0.25) is 11.9 Å². The van der Waals surface area contributed by atoms with Crippen molar-refractivity contribution in [2.45, 2.75) is 6.92 Å². The molecule has 0 aliphatic carbocycles. The van der Waals surface area contributed by atoms with E-state index in [-0.39, 0.29) is 5.95 Å². The number of aromatic nitrogens is 3. The minimum Gasteiger partial charge on any atom is -0.368 e. The standard InChI is InChI=1S/C22H19N5O/c1-13-6-2-3-7-14(13)20-17(15-8-4-5-9-16(15)21(23)28)12-19(26-20)18-10-11-25-22(24)27-18/h2-12,26H,1H3,(H2,23,28)(H2,24,25,27). The number of aryl methyl sites for hydroxylation is 1. The first-order valence-corrected chi connectivity index (χ1v) is 8.81. The Hall–Kier alpha value is -3.93. The number of nitrogens with two attached hydrogens (primary N) is 2. The molecule has 0 aliphatic rings. The van der Waals surface area contributed by atoms with Crippen LogP contribution < -0.4 is 11.5 Å². The SMILES string of the molecule is Cc1ccccc1-c1[nH]c(-c2ccnc(N)n2)cc1-c1ccccc1C(N)=O. The number of anilines is 1. The summed E-state index contributed by atoms with van der Waals surface area (Å²) >= 11 is 0. The van der Waals surface area contributed by atoms with E-state index in [4.69, 9.17) is 11.5 Å². The van der Waals surface area contributed by atoms with Crippen molar-refractivity contribution in [2.75, 3.05) is 5.73 Å². The molecule has 0 bridgehead atoms. The van der Waals surface area contributed by atoms with Crippen LogP contribution in [0.5, 0.6) is 0 Å². The van der Waals surface area contributed by atoms with Crippen molar-refractivity contribution < 1.29 is 4.79 Å². The molecule has 2 heterocycles. The quantitative estimate of drug-likeness (QED) is 0.508.